The first-order valence-corrected chi connectivity index (χ1v) is 29.4. The first-order chi connectivity index (χ1) is 38.9. The van der Waals surface area contributed by atoms with E-state index >= 15 is 0 Å². The molecular formula is C77H72BN3. The van der Waals surface area contributed by atoms with Crippen molar-refractivity contribution in [3.8, 4) is 22.3 Å². The van der Waals surface area contributed by atoms with Crippen LogP contribution in [-0.4, -0.2) is 12.3 Å². The molecule has 398 valence electrons. The van der Waals surface area contributed by atoms with Crippen LogP contribution in [0.3, 0.4) is 0 Å². The van der Waals surface area contributed by atoms with Crippen molar-refractivity contribution in [1.29, 1.82) is 0 Å². The van der Waals surface area contributed by atoms with Crippen LogP contribution in [0.5, 0.6) is 0 Å². The Kier molecular flexibility index (Phi) is 11.5. The third kappa shape index (κ3) is 7.84. The quantitative estimate of drug-likeness (QED) is 0.154. The summed E-state index contributed by atoms with van der Waals surface area (Å²) >= 11 is 0. The molecule has 14 rings (SSSR count). The predicted molar refractivity (Wildman–Crippen MR) is 345 cm³/mol. The lowest BCUT2D eigenvalue weighted by Gasteiger charge is -2.53. The number of anilines is 8. The van der Waals surface area contributed by atoms with Crippen LogP contribution in [0, 0.1) is 0 Å². The van der Waals surface area contributed by atoms with E-state index in [4.69, 9.17) is 0 Å². The van der Waals surface area contributed by atoms with Gasteiger partial charge in [0.1, 0.15) is 0 Å². The molecule has 3 nitrogen and oxygen atoms in total. The molecule has 0 aromatic heterocycles. The standard InChI is InChI=1S/C77H72BN3/c1-73(2,3)56-38-41-65(60(44-56)51-26-14-11-15-27-51)79-68-37-25-23-35-63(68)78-64-46-58(75(7,8)9)40-43-69(64)80(66-42-39-57(74(4,5)6)45-61(66)52-28-16-12-17-29-52)71-48-59(47-70(79)72(71)78)81-67-36-24-22-34-62(67)77(55-32-18-13-19-33-55)50-54-31-21-20-30-53(54)49-76(77,81)10/h11-48H,49-50H2,1-10H3. The van der Waals surface area contributed by atoms with Gasteiger partial charge in [-0.2, -0.15) is 0 Å². The first-order valence-electron chi connectivity index (χ1n) is 29.4. The van der Waals surface area contributed by atoms with E-state index in [-0.39, 0.29) is 28.4 Å². The fraction of sp³-hybridized carbons (Fsp3) is 0.221. The molecule has 2 unspecified atom stereocenters. The van der Waals surface area contributed by atoms with Gasteiger partial charge in [0.25, 0.3) is 6.71 Å². The third-order valence-corrected chi connectivity index (χ3v) is 18.9. The van der Waals surface area contributed by atoms with Crippen LogP contribution in [-0.2, 0) is 34.5 Å². The van der Waals surface area contributed by atoms with E-state index in [9.17, 15) is 0 Å². The lowest BCUT2D eigenvalue weighted by atomic mass is 9.33. The van der Waals surface area contributed by atoms with Crippen molar-refractivity contribution in [1.82, 2.24) is 0 Å². The minimum absolute atomic E-state index is 0.0670. The van der Waals surface area contributed by atoms with Crippen molar-refractivity contribution in [2.45, 2.75) is 109 Å². The van der Waals surface area contributed by atoms with Crippen molar-refractivity contribution in [3.05, 3.63) is 269 Å². The van der Waals surface area contributed by atoms with Gasteiger partial charge in [-0.15, -0.1) is 0 Å². The molecule has 2 atom stereocenters. The number of rotatable bonds is 6. The Morgan fingerprint density at radius 1 is 0.370 bits per heavy atom. The topological polar surface area (TPSA) is 9.72 Å². The molecule has 3 aliphatic heterocycles. The Morgan fingerprint density at radius 3 is 1.35 bits per heavy atom. The number of nitrogens with zero attached hydrogens (tertiary/aromatic N) is 3. The molecule has 0 radical (unpaired) electrons. The van der Waals surface area contributed by atoms with Crippen LogP contribution in [0.4, 0.5) is 45.5 Å². The van der Waals surface area contributed by atoms with Crippen LogP contribution in [0.25, 0.3) is 22.3 Å². The van der Waals surface area contributed by atoms with Crippen molar-refractivity contribution >= 4 is 68.6 Å². The van der Waals surface area contributed by atoms with Gasteiger partial charge in [0.15, 0.2) is 0 Å². The predicted octanol–water partition coefficient (Wildman–Crippen LogP) is 18.0. The van der Waals surface area contributed by atoms with Gasteiger partial charge < -0.3 is 14.7 Å². The minimum atomic E-state index is -0.434. The Morgan fingerprint density at radius 2 is 0.802 bits per heavy atom. The monoisotopic (exact) mass is 1050 g/mol. The largest absolute Gasteiger partial charge is 0.334 e. The minimum Gasteiger partial charge on any atom is -0.334 e. The van der Waals surface area contributed by atoms with Crippen molar-refractivity contribution in [2.75, 3.05) is 14.7 Å². The molecule has 0 saturated heterocycles. The maximum Gasteiger partial charge on any atom is 0.252 e. The molecule has 10 aromatic rings. The van der Waals surface area contributed by atoms with Crippen molar-refractivity contribution in [3.63, 3.8) is 0 Å². The molecule has 3 heterocycles. The van der Waals surface area contributed by atoms with Gasteiger partial charge in [0.2, 0.25) is 0 Å². The number of hydrogen-bond donors (Lipinski definition) is 0. The van der Waals surface area contributed by atoms with Crippen LogP contribution in [0.1, 0.15) is 108 Å². The second kappa shape index (κ2) is 18.3. The fourth-order valence-electron chi connectivity index (χ4n) is 14.7. The molecule has 4 heteroatoms. The Balaban J connectivity index is 1.14. The summed E-state index contributed by atoms with van der Waals surface area (Å²) in [7, 11) is 0. The highest BCUT2D eigenvalue weighted by Crippen LogP contribution is 2.63. The van der Waals surface area contributed by atoms with Gasteiger partial charge in [-0.3, -0.25) is 0 Å². The highest BCUT2D eigenvalue weighted by Gasteiger charge is 2.62. The number of fused-ring (bicyclic) bond motifs is 8. The molecule has 0 fully saturated rings. The van der Waals surface area contributed by atoms with E-state index in [1.54, 1.807) is 0 Å². The molecule has 81 heavy (non-hydrogen) atoms. The smallest absolute Gasteiger partial charge is 0.252 e. The van der Waals surface area contributed by atoms with Crippen LogP contribution in [0.15, 0.2) is 231 Å². The summed E-state index contributed by atoms with van der Waals surface area (Å²) < 4.78 is 0. The molecule has 0 amide bonds. The molecular weight excluding hydrogens is 978 g/mol. The van der Waals surface area contributed by atoms with Gasteiger partial charge in [-0.05, 0) is 157 Å². The van der Waals surface area contributed by atoms with E-state index in [0.717, 1.165) is 18.5 Å². The van der Waals surface area contributed by atoms with Crippen LogP contribution < -0.4 is 31.1 Å². The lowest BCUT2D eigenvalue weighted by molar-refractivity contribution is 0.281. The van der Waals surface area contributed by atoms with Gasteiger partial charge in [0.05, 0.1) is 16.9 Å². The average Bonchev–Trinajstić information content (AvgIpc) is 3.42. The highest BCUT2D eigenvalue weighted by atomic mass is 15.3. The zero-order valence-electron chi connectivity index (χ0n) is 48.8. The van der Waals surface area contributed by atoms with E-state index in [1.165, 1.54) is 117 Å². The highest BCUT2D eigenvalue weighted by molar-refractivity contribution is 7.00. The number of para-hydroxylation sites is 2. The van der Waals surface area contributed by atoms with Crippen molar-refractivity contribution in [2.24, 2.45) is 0 Å². The zero-order chi connectivity index (χ0) is 55.8. The van der Waals surface area contributed by atoms with Gasteiger partial charge in [-0.25, -0.2) is 0 Å². The summed E-state index contributed by atoms with van der Waals surface area (Å²) in [4.78, 5) is 8.13. The molecule has 0 N–H and O–H groups in total. The second-order valence-corrected chi connectivity index (χ2v) is 26.8. The van der Waals surface area contributed by atoms with E-state index in [2.05, 4.69) is 314 Å². The maximum atomic E-state index is 2.80. The molecule has 4 aliphatic rings. The third-order valence-electron chi connectivity index (χ3n) is 18.9. The van der Waals surface area contributed by atoms with Crippen LogP contribution >= 0.6 is 0 Å². The zero-order valence-corrected chi connectivity index (χ0v) is 48.8. The van der Waals surface area contributed by atoms with E-state index < -0.39 is 5.54 Å². The maximum absolute atomic E-state index is 2.80. The van der Waals surface area contributed by atoms with Gasteiger partial charge in [-0.1, -0.05) is 238 Å². The number of hydrogen-bond acceptors (Lipinski definition) is 3. The Hall–Kier alpha value is -8.34. The molecule has 0 spiro atoms. The lowest BCUT2D eigenvalue weighted by Crippen LogP contribution is -2.62. The second-order valence-electron chi connectivity index (χ2n) is 26.8. The SMILES string of the molecule is CC(C)(C)c1ccc2c(c1)B1c3ccccc3N(c3ccc(C(C)(C)C)cc3-c3ccccc3)c3cc(N4c5ccccc5C5(c6ccccc6)Cc6ccccc6CC45C)cc(c31)N2c1ccc(C(C)(C)C)cc1-c1ccccc1. The summed E-state index contributed by atoms with van der Waals surface area (Å²) in [5.74, 6) is 0. The normalized spacial score (nSPS) is 17.9. The summed E-state index contributed by atoms with van der Waals surface area (Å²) in [6, 6.07) is 88.9. The van der Waals surface area contributed by atoms with Gasteiger partial charge in [0, 0.05) is 50.7 Å². The summed E-state index contributed by atoms with van der Waals surface area (Å²) in [6.45, 7) is 23.6. The summed E-state index contributed by atoms with van der Waals surface area (Å²) in [5.41, 5.74) is 26.9. The van der Waals surface area contributed by atoms with Crippen molar-refractivity contribution < 1.29 is 0 Å². The molecule has 1 aliphatic carbocycles. The Labute approximate surface area is 481 Å². The molecule has 0 bridgehead atoms. The first kappa shape index (κ1) is 50.9. The average molecular weight is 1050 g/mol. The molecule has 0 saturated carbocycles. The number of benzene rings is 10. The summed E-state index contributed by atoms with van der Waals surface area (Å²) in [6.07, 6.45) is 1.77. The van der Waals surface area contributed by atoms with Gasteiger partial charge >= 0.3 is 0 Å². The van der Waals surface area contributed by atoms with E-state index in [1.807, 2.05) is 0 Å². The van der Waals surface area contributed by atoms with E-state index in [0.29, 0.717) is 0 Å². The van der Waals surface area contributed by atoms with Crippen LogP contribution in [0.2, 0.25) is 0 Å². The summed E-state index contributed by atoms with van der Waals surface area (Å²) in [5, 5.41) is 0. The molecule has 10 aromatic carbocycles. The fourth-order valence-corrected chi connectivity index (χ4v) is 14.7. The Bertz CT molecular complexity index is 4090.